The van der Waals surface area contributed by atoms with Crippen molar-refractivity contribution in [3.63, 3.8) is 0 Å². The van der Waals surface area contributed by atoms with Crippen molar-refractivity contribution < 1.29 is 0 Å². The molecule has 3 saturated carbocycles. The van der Waals surface area contributed by atoms with Crippen LogP contribution in [-0.2, 0) is 0 Å². The lowest BCUT2D eigenvalue weighted by Gasteiger charge is -2.57. The highest BCUT2D eigenvalue weighted by Gasteiger charge is 2.57. The summed E-state index contributed by atoms with van der Waals surface area (Å²) in [6.07, 6.45) is 16.4. The number of fused-ring (bicyclic) bond motifs is 5. The van der Waals surface area contributed by atoms with Gasteiger partial charge in [-0.15, -0.1) is 0 Å². The van der Waals surface area contributed by atoms with Crippen LogP contribution in [0, 0.1) is 34.5 Å². The number of allylic oxidation sites excluding steroid dienone is 4. The Morgan fingerprint density at radius 2 is 1.95 bits per heavy atom. The summed E-state index contributed by atoms with van der Waals surface area (Å²) >= 11 is 3.81. The van der Waals surface area contributed by atoms with Crippen LogP contribution in [0.2, 0.25) is 0 Å². The number of hydrogen-bond donors (Lipinski definition) is 0. The van der Waals surface area contributed by atoms with Crippen LogP contribution in [-0.4, -0.2) is 0 Å². The largest absolute Gasteiger partial charge is 0.0795 e. The number of halogens is 1. The average molecular weight is 363 g/mol. The van der Waals surface area contributed by atoms with Crippen molar-refractivity contribution in [2.24, 2.45) is 34.5 Å². The van der Waals surface area contributed by atoms with E-state index < -0.39 is 0 Å². The second-order valence-corrected chi connectivity index (χ2v) is 9.97. The predicted octanol–water partition coefficient (Wildman–Crippen LogP) is 6.86. The minimum atomic E-state index is 0.353. The fraction of sp³-hybridized carbons (Fsp3) is 0.810. The van der Waals surface area contributed by atoms with Crippen molar-refractivity contribution >= 4 is 15.9 Å². The van der Waals surface area contributed by atoms with E-state index in [-0.39, 0.29) is 0 Å². The quantitative estimate of drug-likeness (QED) is 0.446. The van der Waals surface area contributed by atoms with Gasteiger partial charge in [0.05, 0.1) is 0 Å². The van der Waals surface area contributed by atoms with E-state index in [2.05, 4.69) is 48.9 Å². The Kier molecular flexibility index (Phi) is 3.68. The maximum atomic E-state index is 3.81. The number of hydrogen-bond acceptors (Lipinski definition) is 0. The molecular weight excluding hydrogens is 332 g/mol. The average Bonchev–Trinajstić information content (AvgIpc) is 2.82. The van der Waals surface area contributed by atoms with Crippen LogP contribution >= 0.6 is 15.9 Å². The van der Waals surface area contributed by atoms with Crippen molar-refractivity contribution in [1.82, 2.24) is 0 Å². The van der Waals surface area contributed by atoms with Crippen molar-refractivity contribution in [3.05, 3.63) is 22.2 Å². The molecule has 6 atom stereocenters. The molecule has 4 aliphatic rings. The van der Waals surface area contributed by atoms with Crippen LogP contribution in [0.4, 0.5) is 0 Å². The van der Waals surface area contributed by atoms with E-state index in [0.29, 0.717) is 10.8 Å². The standard InChI is InChI=1S/C21H31Br/c1-4-14-7-10-18-17-9-6-15-5-8-16(22)13-21(15,3)19(17)11-12-20(14,18)2/h5,13-14,17-19H,4,6-12H2,1-3H3/t14-,17-,18-,19-,20+,21-/m0/s1. The Morgan fingerprint density at radius 3 is 2.73 bits per heavy atom. The molecule has 4 rings (SSSR count). The molecule has 0 amide bonds. The van der Waals surface area contributed by atoms with Gasteiger partial charge in [0.2, 0.25) is 0 Å². The molecule has 0 aromatic carbocycles. The van der Waals surface area contributed by atoms with E-state index in [9.17, 15) is 0 Å². The SMILES string of the molecule is CC[C@H]1CC[C@H]2[C@@H]3CCC4=CCC(Br)=C[C@]4(C)[C@H]3CC[C@]12C. The molecule has 0 radical (unpaired) electrons. The summed E-state index contributed by atoms with van der Waals surface area (Å²) < 4.78 is 1.42. The van der Waals surface area contributed by atoms with Crippen LogP contribution in [0.25, 0.3) is 0 Å². The summed E-state index contributed by atoms with van der Waals surface area (Å²) in [7, 11) is 0. The van der Waals surface area contributed by atoms with Gasteiger partial charge in [0.25, 0.3) is 0 Å². The third-order valence-electron chi connectivity index (χ3n) is 8.34. The molecule has 0 N–H and O–H groups in total. The zero-order chi connectivity index (χ0) is 15.5. The van der Waals surface area contributed by atoms with Crippen molar-refractivity contribution in [3.8, 4) is 0 Å². The zero-order valence-corrected chi connectivity index (χ0v) is 16.1. The first-order chi connectivity index (χ1) is 10.5. The maximum absolute atomic E-state index is 3.81. The van der Waals surface area contributed by atoms with Gasteiger partial charge >= 0.3 is 0 Å². The fourth-order valence-electron chi connectivity index (χ4n) is 7.17. The molecular formula is C21H31Br. The van der Waals surface area contributed by atoms with Crippen LogP contribution in [0.1, 0.15) is 72.1 Å². The molecule has 122 valence electrons. The molecule has 22 heavy (non-hydrogen) atoms. The second-order valence-electron chi connectivity index (χ2n) is 8.95. The van der Waals surface area contributed by atoms with Crippen LogP contribution in [0.15, 0.2) is 22.2 Å². The summed E-state index contributed by atoms with van der Waals surface area (Å²) in [5.41, 5.74) is 2.76. The van der Waals surface area contributed by atoms with E-state index in [1.54, 1.807) is 5.57 Å². The minimum absolute atomic E-state index is 0.353. The third-order valence-corrected chi connectivity index (χ3v) is 8.89. The smallest absolute Gasteiger partial charge is 0.0105 e. The highest BCUT2D eigenvalue weighted by atomic mass is 79.9. The molecule has 0 nitrogen and oxygen atoms in total. The van der Waals surface area contributed by atoms with Gasteiger partial charge in [0.1, 0.15) is 0 Å². The summed E-state index contributed by atoms with van der Waals surface area (Å²) in [5.74, 6) is 3.88. The summed E-state index contributed by atoms with van der Waals surface area (Å²) in [5, 5.41) is 0. The maximum Gasteiger partial charge on any atom is 0.0105 e. The molecule has 0 unspecified atom stereocenters. The molecule has 0 bridgehead atoms. The van der Waals surface area contributed by atoms with Crippen molar-refractivity contribution in [2.75, 3.05) is 0 Å². The number of rotatable bonds is 1. The predicted molar refractivity (Wildman–Crippen MR) is 97.9 cm³/mol. The lowest BCUT2D eigenvalue weighted by molar-refractivity contribution is -0.0342. The summed E-state index contributed by atoms with van der Waals surface area (Å²) in [6, 6.07) is 0. The Balaban J connectivity index is 1.69. The molecule has 0 aliphatic heterocycles. The van der Waals surface area contributed by atoms with E-state index in [4.69, 9.17) is 0 Å². The Morgan fingerprint density at radius 1 is 1.14 bits per heavy atom. The molecule has 1 heteroatoms. The molecule has 3 fully saturated rings. The Hall–Kier alpha value is -0.0400. The Labute approximate surface area is 145 Å². The molecule has 0 aromatic rings. The molecule has 0 saturated heterocycles. The first kappa shape index (κ1) is 15.5. The van der Waals surface area contributed by atoms with Gasteiger partial charge < -0.3 is 0 Å². The first-order valence-electron chi connectivity index (χ1n) is 9.55. The molecule has 0 heterocycles. The second kappa shape index (κ2) is 5.23. The van der Waals surface area contributed by atoms with Crippen molar-refractivity contribution in [2.45, 2.75) is 72.1 Å². The third kappa shape index (κ3) is 2.00. The van der Waals surface area contributed by atoms with Gasteiger partial charge in [0, 0.05) is 5.41 Å². The fourth-order valence-corrected chi connectivity index (χ4v) is 7.81. The van der Waals surface area contributed by atoms with E-state index >= 15 is 0 Å². The molecule has 0 spiro atoms. The lowest BCUT2D eigenvalue weighted by atomic mass is 9.48. The van der Waals surface area contributed by atoms with Gasteiger partial charge in [-0.25, -0.2) is 0 Å². The van der Waals surface area contributed by atoms with Crippen LogP contribution in [0.3, 0.4) is 0 Å². The zero-order valence-electron chi connectivity index (χ0n) is 14.5. The highest BCUT2D eigenvalue weighted by Crippen LogP contribution is 2.66. The van der Waals surface area contributed by atoms with Crippen molar-refractivity contribution in [1.29, 1.82) is 0 Å². The Bertz CT molecular complexity index is 530. The normalized spacial score (nSPS) is 50.5. The lowest BCUT2D eigenvalue weighted by Crippen LogP contribution is -2.49. The van der Waals surface area contributed by atoms with Crippen LogP contribution < -0.4 is 0 Å². The van der Waals surface area contributed by atoms with Gasteiger partial charge in [-0.05, 0) is 78.5 Å². The first-order valence-corrected chi connectivity index (χ1v) is 10.3. The minimum Gasteiger partial charge on any atom is -0.0795 e. The van der Waals surface area contributed by atoms with Gasteiger partial charge in [-0.1, -0.05) is 60.8 Å². The van der Waals surface area contributed by atoms with Gasteiger partial charge in [-0.3, -0.25) is 0 Å². The van der Waals surface area contributed by atoms with E-state index in [1.807, 2.05) is 0 Å². The van der Waals surface area contributed by atoms with Crippen LogP contribution in [0.5, 0.6) is 0 Å². The van der Waals surface area contributed by atoms with Gasteiger partial charge in [-0.2, -0.15) is 0 Å². The molecule has 4 aliphatic carbocycles. The highest BCUT2D eigenvalue weighted by molar-refractivity contribution is 9.11. The molecule has 0 aromatic heterocycles. The topological polar surface area (TPSA) is 0 Å². The van der Waals surface area contributed by atoms with E-state index in [0.717, 1.165) is 30.1 Å². The van der Waals surface area contributed by atoms with Gasteiger partial charge in [0.15, 0.2) is 0 Å². The summed E-state index contributed by atoms with van der Waals surface area (Å²) in [6.45, 7) is 7.62. The monoisotopic (exact) mass is 362 g/mol. The summed E-state index contributed by atoms with van der Waals surface area (Å²) in [4.78, 5) is 0. The van der Waals surface area contributed by atoms with E-state index in [1.165, 1.54) is 49.4 Å².